The number of rotatable bonds is 6. The maximum absolute atomic E-state index is 12.7. The lowest BCUT2D eigenvalue weighted by Crippen LogP contribution is -2.16. The summed E-state index contributed by atoms with van der Waals surface area (Å²) in [5.74, 6) is 0.671. The largest absolute Gasteiger partial charge is 0.493 e. The predicted octanol–water partition coefficient (Wildman–Crippen LogP) is 3.72. The van der Waals surface area contributed by atoms with E-state index in [-0.39, 0.29) is 11.7 Å². The summed E-state index contributed by atoms with van der Waals surface area (Å²) < 4.78 is 10.6. The Morgan fingerprint density at radius 2 is 1.62 bits per heavy atom. The average Bonchev–Trinajstić information content (AvgIpc) is 2.60. The third-order valence-corrected chi connectivity index (χ3v) is 3.79. The number of Topliss-reactive ketones (excluding diaryl/α,β-unsaturated/α-hetero) is 1. The van der Waals surface area contributed by atoms with E-state index in [2.05, 4.69) is 5.32 Å². The molecule has 0 atom stereocenters. The molecule has 0 spiro atoms. The van der Waals surface area contributed by atoms with Gasteiger partial charge in [-0.2, -0.15) is 0 Å². The molecule has 0 aromatic heterocycles. The van der Waals surface area contributed by atoms with Gasteiger partial charge in [0, 0.05) is 11.1 Å². The molecule has 2 rings (SSSR count). The van der Waals surface area contributed by atoms with E-state index in [0.717, 1.165) is 5.56 Å². The van der Waals surface area contributed by atoms with E-state index >= 15 is 0 Å². The Morgan fingerprint density at radius 3 is 2.21 bits per heavy atom. The van der Waals surface area contributed by atoms with E-state index in [1.165, 1.54) is 14.0 Å². The molecule has 0 unspecified atom stereocenters. The standard InChI is InChI=1S/C19H21NO4/c1-5-13-10-17(23-3)18(24-4)11-15(13)19(22)20-16-9-7-6-8-14(16)12(2)21/h6-11H,5H2,1-4H3,(H,20,22). The van der Waals surface area contributed by atoms with E-state index in [0.29, 0.717) is 34.7 Å². The summed E-state index contributed by atoms with van der Waals surface area (Å²) in [5.41, 5.74) is 2.30. The molecule has 0 bridgehead atoms. The number of ketones is 1. The van der Waals surface area contributed by atoms with Gasteiger partial charge in [-0.05, 0) is 43.2 Å². The maximum atomic E-state index is 12.7. The molecule has 0 aliphatic rings. The Balaban J connectivity index is 2.42. The Bertz CT molecular complexity index is 768. The molecule has 5 nitrogen and oxygen atoms in total. The molecule has 0 aliphatic carbocycles. The minimum Gasteiger partial charge on any atom is -0.493 e. The number of hydrogen-bond donors (Lipinski definition) is 1. The zero-order valence-electron chi connectivity index (χ0n) is 14.3. The number of nitrogens with one attached hydrogen (secondary N) is 1. The third kappa shape index (κ3) is 3.56. The van der Waals surface area contributed by atoms with Crippen LogP contribution in [0, 0.1) is 0 Å². The molecule has 0 saturated heterocycles. The Labute approximate surface area is 141 Å². The molecule has 24 heavy (non-hydrogen) atoms. The fraction of sp³-hybridized carbons (Fsp3) is 0.263. The number of aryl methyl sites for hydroxylation is 1. The van der Waals surface area contributed by atoms with Crippen LogP contribution in [0.4, 0.5) is 5.69 Å². The second-order valence-corrected chi connectivity index (χ2v) is 5.27. The van der Waals surface area contributed by atoms with Gasteiger partial charge < -0.3 is 14.8 Å². The lowest BCUT2D eigenvalue weighted by atomic mass is 10.0. The molecule has 2 aromatic rings. The van der Waals surface area contributed by atoms with E-state index < -0.39 is 0 Å². The fourth-order valence-electron chi connectivity index (χ4n) is 2.51. The summed E-state index contributed by atoms with van der Waals surface area (Å²) in [6, 6.07) is 10.4. The van der Waals surface area contributed by atoms with Gasteiger partial charge >= 0.3 is 0 Å². The molecule has 0 saturated carbocycles. The first-order valence-electron chi connectivity index (χ1n) is 7.68. The van der Waals surface area contributed by atoms with E-state index in [1.807, 2.05) is 6.92 Å². The van der Waals surface area contributed by atoms with Crippen molar-refractivity contribution in [3.05, 3.63) is 53.1 Å². The van der Waals surface area contributed by atoms with Crippen LogP contribution in [-0.2, 0) is 6.42 Å². The molecule has 5 heteroatoms. The highest BCUT2D eigenvalue weighted by Crippen LogP contribution is 2.31. The zero-order chi connectivity index (χ0) is 17.7. The number of carbonyl (C=O) groups is 2. The number of benzene rings is 2. The Kier molecular flexibility index (Phi) is 5.58. The Morgan fingerprint density at radius 1 is 1.00 bits per heavy atom. The van der Waals surface area contributed by atoms with E-state index in [1.54, 1.807) is 43.5 Å². The van der Waals surface area contributed by atoms with Crippen molar-refractivity contribution in [2.75, 3.05) is 19.5 Å². The van der Waals surface area contributed by atoms with Gasteiger partial charge in [-0.1, -0.05) is 19.1 Å². The van der Waals surface area contributed by atoms with Gasteiger partial charge in [0.2, 0.25) is 0 Å². The molecule has 126 valence electrons. The number of para-hydroxylation sites is 1. The molecule has 0 heterocycles. The van der Waals surface area contributed by atoms with Crippen LogP contribution in [-0.4, -0.2) is 25.9 Å². The fourth-order valence-corrected chi connectivity index (χ4v) is 2.51. The summed E-state index contributed by atoms with van der Waals surface area (Å²) in [5, 5.41) is 2.82. The first kappa shape index (κ1) is 17.5. The summed E-state index contributed by atoms with van der Waals surface area (Å²) in [6.45, 7) is 3.43. The normalized spacial score (nSPS) is 10.2. The molecular formula is C19H21NO4. The predicted molar refractivity (Wildman–Crippen MR) is 93.3 cm³/mol. The third-order valence-electron chi connectivity index (χ3n) is 3.79. The van der Waals surface area contributed by atoms with Gasteiger partial charge in [-0.25, -0.2) is 0 Å². The number of methoxy groups -OCH3 is 2. The van der Waals surface area contributed by atoms with Crippen LogP contribution >= 0.6 is 0 Å². The molecular weight excluding hydrogens is 306 g/mol. The SMILES string of the molecule is CCc1cc(OC)c(OC)cc1C(=O)Nc1ccccc1C(C)=O. The summed E-state index contributed by atoms with van der Waals surface area (Å²) in [4.78, 5) is 24.4. The Hall–Kier alpha value is -2.82. The van der Waals surface area contributed by atoms with Crippen LogP contribution in [0.1, 0.15) is 40.1 Å². The highest BCUT2D eigenvalue weighted by molar-refractivity contribution is 6.09. The van der Waals surface area contributed by atoms with Crippen molar-refractivity contribution in [1.29, 1.82) is 0 Å². The van der Waals surface area contributed by atoms with Crippen LogP contribution < -0.4 is 14.8 Å². The van der Waals surface area contributed by atoms with Gasteiger partial charge in [0.1, 0.15) is 0 Å². The smallest absolute Gasteiger partial charge is 0.256 e. The van der Waals surface area contributed by atoms with Crippen LogP contribution in [0.5, 0.6) is 11.5 Å². The number of amides is 1. The first-order chi connectivity index (χ1) is 11.5. The van der Waals surface area contributed by atoms with Crippen molar-refractivity contribution in [1.82, 2.24) is 0 Å². The zero-order valence-corrected chi connectivity index (χ0v) is 14.3. The number of carbonyl (C=O) groups excluding carboxylic acids is 2. The monoisotopic (exact) mass is 327 g/mol. The maximum Gasteiger partial charge on any atom is 0.256 e. The average molecular weight is 327 g/mol. The van der Waals surface area contributed by atoms with Gasteiger partial charge in [0.15, 0.2) is 17.3 Å². The van der Waals surface area contributed by atoms with Crippen LogP contribution in [0.25, 0.3) is 0 Å². The summed E-state index contributed by atoms with van der Waals surface area (Å²) in [7, 11) is 3.08. The van der Waals surface area contributed by atoms with Crippen molar-refractivity contribution in [3.63, 3.8) is 0 Å². The van der Waals surface area contributed by atoms with Crippen molar-refractivity contribution in [2.45, 2.75) is 20.3 Å². The topological polar surface area (TPSA) is 64.6 Å². The number of anilines is 1. The van der Waals surface area contributed by atoms with E-state index in [9.17, 15) is 9.59 Å². The highest BCUT2D eigenvalue weighted by atomic mass is 16.5. The lowest BCUT2D eigenvalue weighted by Gasteiger charge is -2.15. The van der Waals surface area contributed by atoms with Crippen LogP contribution in [0.15, 0.2) is 36.4 Å². The molecule has 0 radical (unpaired) electrons. The van der Waals surface area contributed by atoms with Gasteiger partial charge in [-0.15, -0.1) is 0 Å². The number of ether oxygens (including phenoxy) is 2. The minimum absolute atomic E-state index is 0.103. The van der Waals surface area contributed by atoms with E-state index in [4.69, 9.17) is 9.47 Å². The van der Waals surface area contributed by atoms with Gasteiger partial charge in [-0.3, -0.25) is 9.59 Å². The second-order valence-electron chi connectivity index (χ2n) is 5.27. The van der Waals surface area contributed by atoms with Gasteiger partial charge in [0.25, 0.3) is 5.91 Å². The summed E-state index contributed by atoms with van der Waals surface area (Å²) >= 11 is 0. The highest BCUT2D eigenvalue weighted by Gasteiger charge is 2.17. The van der Waals surface area contributed by atoms with Crippen molar-refractivity contribution in [2.24, 2.45) is 0 Å². The van der Waals surface area contributed by atoms with Gasteiger partial charge in [0.05, 0.1) is 19.9 Å². The molecule has 1 N–H and O–H groups in total. The molecule has 2 aromatic carbocycles. The van der Waals surface area contributed by atoms with Crippen molar-refractivity contribution in [3.8, 4) is 11.5 Å². The van der Waals surface area contributed by atoms with Crippen LogP contribution in [0.3, 0.4) is 0 Å². The minimum atomic E-state index is -0.290. The van der Waals surface area contributed by atoms with Crippen molar-refractivity contribution >= 4 is 17.4 Å². The molecule has 1 amide bonds. The van der Waals surface area contributed by atoms with Crippen LogP contribution in [0.2, 0.25) is 0 Å². The second kappa shape index (κ2) is 7.64. The summed E-state index contributed by atoms with van der Waals surface area (Å²) in [6.07, 6.45) is 0.664. The lowest BCUT2D eigenvalue weighted by molar-refractivity contribution is 0.101. The molecule has 0 aliphatic heterocycles. The quantitative estimate of drug-likeness (QED) is 0.821. The first-order valence-corrected chi connectivity index (χ1v) is 7.68. The number of hydrogen-bond acceptors (Lipinski definition) is 4. The van der Waals surface area contributed by atoms with Crippen molar-refractivity contribution < 1.29 is 19.1 Å². The molecule has 0 fully saturated rings.